The summed E-state index contributed by atoms with van der Waals surface area (Å²) in [6, 6.07) is 4.73. The van der Waals surface area contributed by atoms with Crippen LogP contribution in [-0.2, 0) is 16.3 Å². The molecule has 0 fully saturated rings. The van der Waals surface area contributed by atoms with E-state index >= 15 is 0 Å². The largest absolute Gasteiger partial charge is 0.396 e. The Labute approximate surface area is 88.2 Å². The molecular formula is C9H11ClO3S. The third-order valence-electron chi connectivity index (χ3n) is 1.80. The minimum atomic E-state index is -3.29. The topological polar surface area (TPSA) is 54.4 Å². The number of aliphatic hydroxyl groups is 1. The lowest BCUT2D eigenvalue weighted by Gasteiger charge is -2.04. The number of aliphatic hydroxyl groups excluding tert-OH is 1. The first-order valence-corrected chi connectivity index (χ1v) is 6.31. The van der Waals surface area contributed by atoms with E-state index in [4.69, 9.17) is 16.7 Å². The molecule has 1 aromatic rings. The van der Waals surface area contributed by atoms with Gasteiger partial charge < -0.3 is 5.11 Å². The van der Waals surface area contributed by atoms with Crippen molar-refractivity contribution in [3.05, 3.63) is 28.8 Å². The van der Waals surface area contributed by atoms with Gasteiger partial charge in [-0.1, -0.05) is 17.7 Å². The second-order valence-electron chi connectivity index (χ2n) is 3.01. The highest BCUT2D eigenvalue weighted by Gasteiger charge is 2.12. The zero-order chi connectivity index (χ0) is 10.8. The quantitative estimate of drug-likeness (QED) is 0.857. The molecule has 0 atom stereocenters. The van der Waals surface area contributed by atoms with Gasteiger partial charge in [-0.15, -0.1) is 0 Å². The van der Waals surface area contributed by atoms with Gasteiger partial charge in [-0.05, 0) is 24.1 Å². The molecule has 0 spiro atoms. The Bertz CT molecular complexity index is 426. The summed E-state index contributed by atoms with van der Waals surface area (Å²) in [4.78, 5) is 0.116. The van der Waals surface area contributed by atoms with Crippen LogP contribution in [0.4, 0.5) is 0 Å². The summed E-state index contributed by atoms with van der Waals surface area (Å²) in [5, 5.41) is 8.92. The van der Waals surface area contributed by atoms with E-state index in [9.17, 15) is 8.42 Å². The molecule has 1 N–H and O–H groups in total. The van der Waals surface area contributed by atoms with E-state index in [1.165, 1.54) is 12.1 Å². The van der Waals surface area contributed by atoms with Crippen molar-refractivity contribution < 1.29 is 13.5 Å². The Balaban J connectivity index is 3.22. The zero-order valence-corrected chi connectivity index (χ0v) is 9.27. The highest BCUT2D eigenvalue weighted by molar-refractivity contribution is 7.90. The molecular weight excluding hydrogens is 224 g/mol. The second kappa shape index (κ2) is 4.29. The maximum atomic E-state index is 11.3. The van der Waals surface area contributed by atoms with Crippen LogP contribution in [0.2, 0.25) is 5.02 Å². The van der Waals surface area contributed by atoms with Crippen LogP contribution in [0.1, 0.15) is 5.56 Å². The summed E-state index contributed by atoms with van der Waals surface area (Å²) in [6.45, 7) is -0.00909. The summed E-state index contributed by atoms with van der Waals surface area (Å²) >= 11 is 5.74. The number of sulfone groups is 1. The van der Waals surface area contributed by atoms with E-state index in [-0.39, 0.29) is 16.5 Å². The Kier molecular flexibility index (Phi) is 3.53. The lowest BCUT2D eigenvalue weighted by atomic mass is 10.2. The number of halogens is 1. The van der Waals surface area contributed by atoms with Gasteiger partial charge >= 0.3 is 0 Å². The third-order valence-corrected chi connectivity index (χ3v) is 3.37. The van der Waals surface area contributed by atoms with Crippen LogP contribution >= 0.6 is 11.6 Å². The fraction of sp³-hybridized carbons (Fsp3) is 0.333. The summed E-state index contributed by atoms with van der Waals surface area (Å²) in [5.41, 5.74) is 0.761. The van der Waals surface area contributed by atoms with Crippen LogP contribution in [-0.4, -0.2) is 26.4 Å². The molecule has 5 heteroatoms. The molecule has 14 heavy (non-hydrogen) atoms. The Hall–Kier alpha value is -0.580. The summed E-state index contributed by atoms with van der Waals surface area (Å²) in [6.07, 6.45) is 1.54. The van der Waals surface area contributed by atoms with Crippen molar-refractivity contribution in [2.75, 3.05) is 12.9 Å². The van der Waals surface area contributed by atoms with Crippen molar-refractivity contribution in [2.24, 2.45) is 0 Å². The lowest BCUT2D eigenvalue weighted by Crippen LogP contribution is -2.00. The molecule has 0 unspecified atom stereocenters. The van der Waals surface area contributed by atoms with Gasteiger partial charge in [0.1, 0.15) is 0 Å². The van der Waals surface area contributed by atoms with Gasteiger partial charge in [0.15, 0.2) is 9.84 Å². The maximum Gasteiger partial charge on any atom is 0.177 e. The van der Waals surface area contributed by atoms with Crippen molar-refractivity contribution in [1.82, 2.24) is 0 Å². The average molecular weight is 235 g/mol. The van der Waals surface area contributed by atoms with Crippen molar-refractivity contribution in [3.8, 4) is 0 Å². The normalized spacial score (nSPS) is 11.6. The number of benzene rings is 1. The number of hydrogen-bond donors (Lipinski definition) is 1. The number of hydrogen-bond acceptors (Lipinski definition) is 3. The van der Waals surface area contributed by atoms with E-state index in [0.717, 1.165) is 11.8 Å². The molecule has 0 aromatic heterocycles. The van der Waals surface area contributed by atoms with Gasteiger partial charge in [-0.3, -0.25) is 0 Å². The molecule has 0 aliphatic carbocycles. The van der Waals surface area contributed by atoms with Gasteiger partial charge in [0.2, 0.25) is 0 Å². The highest BCUT2D eigenvalue weighted by atomic mass is 35.5. The lowest BCUT2D eigenvalue weighted by molar-refractivity contribution is 0.299. The van der Waals surface area contributed by atoms with E-state index in [1.807, 2.05) is 0 Å². The SMILES string of the molecule is CS(=O)(=O)c1cc(CCO)ccc1Cl. The average Bonchev–Trinajstić information content (AvgIpc) is 2.07. The molecule has 1 rings (SSSR count). The van der Waals surface area contributed by atoms with Crippen LogP contribution in [0.25, 0.3) is 0 Å². The fourth-order valence-corrected chi connectivity index (χ4v) is 2.44. The van der Waals surface area contributed by atoms with Gasteiger partial charge in [0, 0.05) is 12.9 Å². The summed E-state index contributed by atoms with van der Waals surface area (Å²) < 4.78 is 22.5. The van der Waals surface area contributed by atoms with Crippen molar-refractivity contribution >= 4 is 21.4 Å². The summed E-state index contributed by atoms with van der Waals surface area (Å²) in [5.74, 6) is 0. The van der Waals surface area contributed by atoms with Crippen LogP contribution in [0.15, 0.2) is 23.1 Å². The first-order valence-electron chi connectivity index (χ1n) is 4.04. The predicted octanol–water partition coefficient (Wildman–Crippen LogP) is 1.28. The molecule has 1 aromatic carbocycles. The molecule has 0 heterocycles. The highest BCUT2D eigenvalue weighted by Crippen LogP contribution is 2.22. The molecule has 0 saturated heterocycles. The van der Waals surface area contributed by atoms with Gasteiger partial charge in [0.05, 0.1) is 9.92 Å². The first kappa shape index (κ1) is 11.5. The molecule has 0 amide bonds. The first-order chi connectivity index (χ1) is 6.45. The minimum absolute atomic E-state index is 0.00909. The Morgan fingerprint density at radius 2 is 2.07 bits per heavy atom. The summed E-state index contributed by atoms with van der Waals surface area (Å²) in [7, 11) is -3.29. The molecule has 3 nitrogen and oxygen atoms in total. The van der Waals surface area contributed by atoms with Gasteiger partial charge in [0.25, 0.3) is 0 Å². The van der Waals surface area contributed by atoms with E-state index < -0.39 is 9.84 Å². The molecule has 0 aliphatic rings. The van der Waals surface area contributed by atoms with Gasteiger partial charge in [-0.2, -0.15) is 0 Å². The van der Waals surface area contributed by atoms with E-state index in [2.05, 4.69) is 0 Å². The smallest absolute Gasteiger partial charge is 0.177 e. The molecule has 78 valence electrons. The Morgan fingerprint density at radius 1 is 1.43 bits per heavy atom. The van der Waals surface area contributed by atoms with Crippen LogP contribution in [0.5, 0.6) is 0 Å². The molecule has 0 bridgehead atoms. The van der Waals surface area contributed by atoms with Crippen LogP contribution < -0.4 is 0 Å². The Morgan fingerprint density at radius 3 is 2.57 bits per heavy atom. The van der Waals surface area contributed by atoms with Crippen molar-refractivity contribution in [3.63, 3.8) is 0 Å². The minimum Gasteiger partial charge on any atom is -0.396 e. The fourth-order valence-electron chi connectivity index (χ4n) is 1.12. The number of rotatable bonds is 3. The van der Waals surface area contributed by atoms with Crippen LogP contribution in [0, 0.1) is 0 Å². The predicted molar refractivity (Wildman–Crippen MR) is 55.4 cm³/mol. The van der Waals surface area contributed by atoms with Crippen molar-refractivity contribution in [1.29, 1.82) is 0 Å². The zero-order valence-electron chi connectivity index (χ0n) is 7.70. The monoisotopic (exact) mass is 234 g/mol. The van der Waals surface area contributed by atoms with Crippen molar-refractivity contribution in [2.45, 2.75) is 11.3 Å². The van der Waals surface area contributed by atoms with E-state index in [0.29, 0.717) is 6.42 Å². The third kappa shape index (κ3) is 2.70. The molecule has 0 radical (unpaired) electrons. The second-order valence-corrected chi connectivity index (χ2v) is 5.40. The molecule has 0 saturated carbocycles. The maximum absolute atomic E-state index is 11.3. The van der Waals surface area contributed by atoms with Crippen LogP contribution in [0.3, 0.4) is 0 Å². The van der Waals surface area contributed by atoms with Gasteiger partial charge in [-0.25, -0.2) is 8.42 Å². The van der Waals surface area contributed by atoms with E-state index in [1.54, 1.807) is 6.07 Å². The standard InChI is InChI=1S/C9H11ClO3S/c1-14(12,13)9-6-7(4-5-11)2-3-8(9)10/h2-3,6,11H,4-5H2,1H3. The molecule has 0 aliphatic heterocycles.